The molecule has 1 saturated carbocycles. The Labute approximate surface area is 205 Å². The molecule has 2 aliphatic heterocycles. The molecule has 4 heterocycles. The summed E-state index contributed by atoms with van der Waals surface area (Å²) in [7, 11) is 0. The van der Waals surface area contributed by atoms with Crippen molar-refractivity contribution in [1.82, 2.24) is 10.1 Å². The first-order chi connectivity index (χ1) is 17.0. The summed E-state index contributed by atoms with van der Waals surface area (Å²) in [6.07, 6.45) is 8.07. The summed E-state index contributed by atoms with van der Waals surface area (Å²) in [5.74, 6) is 1.40. The van der Waals surface area contributed by atoms with Crippen LogP contribution in [0.25, 0.3) is 11.3 Å². The number of carboxylic acid groups (broad SMARTS) is 1. The van der Waals surface area contributed by atoms with Gasteiger partial charge in [-0.3, -0.25) is 0 Å². The summed E-state index contributed by atoms with van der Waals surface area (Å²) >= 11 is 0. The number of nitrogens with zero attached hydrogens (tertiary/aromatic N) is 3. The second-order valence-electron chi connectivity index (χ2n) is 10.3. The normalized spacial score (nSPS) is 23.6. The van der Waals surface area contributed by atoms with Crippen LogP contribution in [0.2, 0.25) is 0 Å². The molecule has 2 bridgehead atoms. The zero-order valence-electron chi connectivity index (χ0n) is 20.2. The van der Waals surface area contributed by atoms with Crippen LogP contribution >= 0.6 is 0 Å². The third-order valence-corrected chi connectivity index (χ3v) is 7.90. The standard InChI is InChI=1S/C28H31N3O4/c1-16-4-3-5-17(2)25(16)26-23(27(35-30-26)18-6-7-18)15-34-22-12-20-9-10-21(13-22)31(20)24-11-8-19(14-29-24)28(32)33/h3-5,8,11,14,18,20-22H,6-7,9-10,12-13,15H2,1-2H3,(H,32,33). The maximum atomic E-state index is 11.2. The number of aryl methyl sites for hydroxylation is 2. The van der Waals surface area contributed by atoms with Crippen molar-refractivity contribution in [2.45, 2.75) is 83.1 Å². The molecule has 1 N–H and O–H groups in total. The van der Waals surface area contributed by atoms with Crippen LogP contribution in [0, 0.1) is 13.8 Å². The molecule has 1 aromatic carbocycles. The SMILES string of the molecule is Cc1cccc(C)c1-c1noc(C2CC2)c1COC1CC2CCC(C1)N2c1ccc(C(=O)O)cn1. The van der Waals surface area contributed by atoms with E-state index >= 15 is 0 Å². The maximum absolute atomic E-state index is 11.2. The fraction of sp³-hybridized carbons (Fsp3) is 0.464. The first-order valence-corrected chi connectivity index (χ1v) is 12.6. The second-order valence-corrected chi connectivity index (χ2v) is 10.3. The molecule has 3 aliphatic rings. The summed E-state index contributed by atoms with van der Waals surface area (Å²) in [6.45, 7) is 4.78. The highest BCUT2D eigenvalue weighted by molar-refractivity contribution is 5.87. The third-order valence-electron chi connectivity index (χ3n) is 7.90. The zero-order chi connectivity index (χ0) is 24.1. The first kappa shape index (κ1) is 22.3. The number of piperidine rings is 1. The lowest BCUT2D eigenvalue weighted by Gasteiger charge is -2.39. The van der Waals surface area contributed by atoms with E-state index in [0.717, 1.165) is 66.9 Å². The molecule has 0 radical (unpaired) electrons. The van der Waals surface area contributed by atoms with Crippen LogP contribution in [0.4, 0.5) is 5.82 Å². The van der Waals surface area contributed by atoms with Crippen LogP contribution in [-0.4, -0.2) is 39.4 Å². The Kier molecular flexibility index (Phi) is 5.60. The molecule has 2 unspecified atom stereocenters. The molecule has 182 valence electrons. The van der Waals surface area contributed by atoms with Crippen molar-refractivity contribution in [3.63, 3.8) is 0 Å². The molecule has 1 aliphatic carbocycles. The maximum Gasteiger partial charge on any atom is 0.337 e. The number of benzene rings is 1. The number of carbonyl (C=O) groups is 1. The van der Waals surface area contributed by atoms with Crippen molar-refractivity contribution in [2.24, 2.45) is 0 Å². The predicted molar refractivity (Wildman–Crippen MR) is 132 cm³/mol. The number of hydrogen-bond donors (Lipinski definition) is 1. The number of anilines is 1. The Balaban J connectivity index is 1.19. The summed E-state index contributed by atoms with van der Waals surface area (Å²) in [5.41, 5.74) is 5.84. The molecule has 2 atom stereocenters. The van der Waals surface area contributed by atoms with Crippen LogP contribution in [0.15, 0.2) is 41.1 Å². The number of aromatic nitrogens is 2. The number of carboxylic acids is 1. The summed E-state index contributed by atoms with van der Waals surface area (Å²) in [6, 6.07) is 10.6. The Morgan fingerprint density at radius 2 is 1.80 bits per heavy atom. The van der Waals surface area contributed by atoms with Crippen molar-refractivity contribution < 1.29 is 19.2 Å². The molecule has 2 aromatic heterocycles. The van der Waals surface area contributed by atoms with Gasteiger partial charge in [0.25, 0.3) is 0 Å². The Hall–Kier alpha value is -3.19. The number of aromatic carboxylic acids is 1. The Morgan fingerprint density at radius 1 is 1.09 bits per heavy atom. The lowest BCUT2D eigenvalue weighted by Crippen LogP contribution is -2.46. The van der Waals surface area contributed by atoms with E-state index in [1.54, 1.807) is 6.07 Å². The van der Waals surface area contributed by atoms with Gasteiger partial charge >= 0.3 is 5.97 Å². The molecular weight excluding hydrogens is 442 g/mol. The van der Waals surface area contributed by atoms with E-state index in [1.165, 1.54) is 17.3 Å². The van der Waals surface area contributed by atoms with Crippen LogP contribution in [-0.2, 0) is 11.3 Å². The molecule has 0 amide bonds. The first-order valence-electron chi connectivity index (χ1n) is 12.6. The van der Waals surface area contributed by atoms with Crippen LogP contribution < -0.4 is 4.90 Å². The highest BCUT2D eigenvalue weighted by Crippen LogP contribution is 2.46. The van der Waals surface area contributed by atoms with E-state index in [4.69, 9.17) is 9.26 Å². The quantitative estimate of drug-likeness (QED) is 0.475. The third kappa shape index (κ3) is 4.12. The van der Waals surface area contributed by atoms with Crippen molar-refractivity contribution in [3.8, 4) is 11.3 Å². The Morgan fingerprint density at radius 3 is 2.40 bits per heavy atom. The van der Waals surface area contributed by atoms with Crippen molar-refractivity contribution >= 4 is 11.8 Å². The molecule has 3 aromatic rings. The van der Waals surface area contributed by atoms with Gasteiger partial charge in [-0.15, -0.1) is 0 Å². The minimum atomic E-state index is -0.946. The van der Waals surface area contributed by atoms with Crippen molar-refractivity contribution in [1.29, 1.82) is 0 Å². The van der Waals surface area contributed by atoms with Gasteiger partial charge in [0.05, 0.1) is 18.3 Å². The average Bonchev–Trinajstić information content (AvgIpc) is 3.55. The number of ether oxygens (including phenoxy) is 1. The molecule has 0 spiro atoms. The largest absolute Gasteiger partial charge is 0.478 e. The predicted octanol–water partition coefficient (Wildman–Crippen LogP) is 5.65. The molecule has 2 saturated heterocycles. The van der Waals surface area contributed by atoms with Gasteiger partial charge in [0.1, 0.15) is 17.3 Å². The lowest BCUT2D eigenvalue weighted by molar-refractivity contribution is 0.0146. The van der Waals surface area contributed by atoms with Gasteiger partial charge in [-0.2, -0.15) is 0 Å². The van der Waals surface area contributed by atoms with E-state index in [-0.39, 0.29) is 11.7 Å². The molecule has 6 rings (SSSR count). The van der Waals surface area contributed by atoms with E-state index in [1.807, 2.05) is 6.07 Å². The van der Waals surface area contributed by atoms with E-state index in [9.17, 15) is 9.90 Å². The second kappa shape index (κ2) is 8.79. The number of hydrogen-bond acceptors (Lipinski definition) is 6. The number of fused-ring (bicyclic) bond motifs is 2. The van der Waals surface area contributed by atoms with Crippen LogP contribution in [0.5, 0.6) is 0 Å². The van der Waals surface area contributed by atoms with E-state index < -0.39 is 5.97 Å². The number of pyridine rings is 1. The topological polar surface area (TPSA) is 88.7 Å². The summed E-state index contributed by atoms with van der Waals surface area (Å²) in [4.78, 5) is 18.0. The summed E-state index contributed by atoms with van der Waals surface area (Å²) in [5, 5.41) is 13.7. The van der Waals surface area contributed by atoms with Gasteiger partial charge in [-0.05, 0) is 75.6 Å². The molecule has 7 heteroatoms. The molecule has 35 heavy (non-hydrogen) atoms. The van der Waals surface area contributed by atoms with Crippen LogP contribution in [0.1, 0.15) is 77.3 Å². The smallest absolute Gasteiger partial charge is 0.337 e. The van der Waals surface area contributed by atoms with Crippen LogP contribution in [0.3, 0.4) is 0 Å². The fourth-order valence-electron chi connectivity index (χ4n) is 6.02. The Bertz CT molecular complexity index is 1210. The van der Waals surface area contributed by atoms with Gasteiger partial charge in [0.15, 0.2) is 0 Å². The number of rotatable bonds is 7. The molecule has 7 nitrogen and oxygen atoms in total. The molecule has 3 fully saturated rings. The van der Waals surface area contributed by atoms with Gasteiger partial charge in [-0.25, -0.2) is 9.78 Å². The van der Waals surface area contributed by atoms with Gasteiger partial charge < -0.3 is 19.3 Å². The van der Waals surface area contributed by atoms with Gasteiger partial charge in [-0.1, -0.05) is 23.4 Å². The zero-order valence-corrected chi connectivity index (χ0v) is 20.2. The van der Waals surface area contributed by atoms with Gasteiger partial charge in [0.2, 0.25) is 0 Å². The monoisotopic (exact) mass is 473 g/mol. The average molecular weight is 474 g/mol. The van der Waals surface area contributed by atoms with Crippen molar-refractivity contribution in [3.05, 3.63) is 64.5 Å². The highest BCUT2D eigenvalue weighted by Gasteiger charge is 2.42. The molecular formula is C28H31N3O4. The fourth-order valence-corrected chi connectivity index (χ4v) is 6.02. The van der Waals surface area contributed by atoms with E-state index in [0.29, 0.717) is 24.6 Å². The lowest BCUT2D eigenvalue weighted by atomic mass is 9.96. The van der Waals surface area contributed by atoms with Crippen molar-refractivity contribution in [2.75, 3.05) is 4.90 Å². The minimum Gasteiger partial charge on any atom is -0.478 e. The highest BCUT2D eigenvalue weighted by atomic mass is 16.5. The summed E-state index contributed by atoms with van der Waals surface area (Å²) < 4.78 is 12.5. The van der Waals surface area contributed by atoms with E-state index in [2.05, 4.69) is 47.1 Å². The minimum absolute atomic E-state index is 0.176. The van der Waals surface area contributed by atoms with Gasteiger partial charge in [0, 0.05) is 35.3 Å².